The van der Waals surface area contributed by atoms with E-state index in [9.17, 15) is 0 Å². The quantitative estimate of drug-likeness (QED) is 0.841. The summed E-state index contributed by atoms with van der Waals surface area (Å²) in [6.07, 6.45) is 2.74. The van der Waals surface area contributed by atoms with E-state index in [2.05, 4.69) is 22.1 Å². The van der Waals surface area contributed by atoms with Crippen LogP contribution in [0.25, 0.3) is 0 Å². The van der Waals surface area contributed by atoms with Crippen molar-refractivity contribution in [2.45, 2.75) is 40.2 Å². The molecule has 1 fully saturated rings. The molecule has 1 atom stereocenters. The van der Waals surface area contributed by atoms with E-state index in [1.807, 2.05) is 13.8 Å². The van der Waals surface area contributed by atoms with Gasteiger partial charge in [0, 0.05) is 6.54 Å². The first-order valence-corrected chi connectivity index (χ1v) is 7.01. The molecule has 102 valence electrons. The summed E-state index contributed by atoms with van der Waals surface area (Å²) in [7, 11) is 0. The fourth-order valence-corrected chi connectivity index (χ4v) is 2.51. The van der Waals surface area contributed by atoms with Crippen molar-refractivity contribution >= 4 is 0 Å². The summed E-state index contributed by atoms with van der Waals surface area (Å²) in [6, 6.07) is 0. The Morgan fingerprint density at radius 3 is 2.67 bits per heavy atom. The van der Waals surface area contributed by atoms with Gasteiger partial charge in [-0.15, -0.1) is 0 Å². The maximum absolute atomic E-state index is 5.55. The van der Waals surface area contributed by atoms with Crippen LogP contribution in [-0.4, -0.2) is 36.1 Å². The van der Waals surface area contributed by atoms with Gasteiger partial charge in [-0.25, -0.2) is 4.98 Å². The number of aryl methyl sites for hydroxylation is 2. The molecule has 1 N–H and O–H groups in total. The van der Waals surface area contributed by atoms with Crippen molar-refractivity contribution < 1.29 is 4.42 Å². The first kappa shape index (κ1) is 13.6. The van der Waals surface area contributed by atoms with Gasteiger partial charge in [-0.1, -0.05) is 6.92 Å². The highest BCUT2D eigenvalue weighted by Crippen LogP contribution is 2.10. The van der Waals surface area contributed by atoms with Gasteiger partial charge in [0.15, 0.2) is 0 Å². The second-order valence-electron chi connectivity index (χ2n) is 5.49. The molecule has 2 heterocycles. The van der Waals surface area contributed by atoms with Crippen molar-refractivity contribution in [2.24, 2.45) is 5.92 Å². The summed E-state index contributed by atoms with van der Waals surface area (Å²) in [5.41, 5.74) is 0.997. The van der Waals surface area contributed by atoms with Crippen LogP contribution in [-0.2, 0) is 6.54 Å². The zero-order valence-corrected chi connectivity index (χ0v) is 11.8. The SMILES string of the molecule is Cc1nc(CNCC(C)CN2CCCC2)oc1C. The minimum absolute atomic E-state index is 0.681. The third-order valence-electron chi connectivity index (χ3n) is 3.61. The Labute approximate surface area is 110 Å². The van der Waals surface area contributed by atoms with E-state index in [4.69, 9.17) is 4.42 Å². The molecule has 0 spiro atoms. The zero-order valence-electron chi connectivity index (χ0n) is 11.8. The minimum Gasteiger partial charge on any atom is -0.444 e. The minimum atomic E-state index is 0.681. The summed E-state index contributed by atoms with van der Waals surface area (Å²) < 4.78 is 5.55. The lowest BCUT2D eigenvalue weighted by molar-refractivity contribution is 0.280. The Morgan fingerprint density at radius 1 is 1.33 bits per heavy atom. The van der Waals surface area contributed by atoms with Crippen molar-refractivity contribution in [3.63, 3.8) is 0 Å². The second-order valence-corrected chi connectivity index (χ2v) is 5.49. The van der Waals surface area contributed by atoms with Gasteiger partial charge in [0.25, 0.3) is 0 Å². The fourth-order valence-electron chi connectivity index (χ4n) is 2.51. The normalized spacial score (nSPS) is 18.4. The number of hydrogen-bond donors (Lipinski definition) is 1. The number of nitrogens with zero attached hydrogens (tertiary/aromatic N) is 2. The molecule has 2 rings (SSSR count). The van der Waals surface area contributed by atoms with Crippen LogP contribution in [0.2, 0.25) is 0 Å². The lowest BCUT2D eigenvalue weighted by Crippen LogP contribution is -2.31. The molecule has 0 amide bonds. The van der Waals surface area contributed by atoms with E-state index in [-0.39, 0.29) is 0 Å². The maximum atomic E-state index is 5.55. The second kappa shape index (κ2) is 6.34. The molecule has 0 bridgehead atoms. The van der Waals surface area contributed by atoms with Gasteiger partial charge < -0.3 is 14.6 Å². The van der Waals surface area contributed by atoms with Crippen molar-refractivity contribution in [3.8, 4) is 0 Å². The van der Waals surface area contributed by atoms with Crippen LogP contribution >= 0.6 is 0 Å². The van der Waals surface area contributed by atoms with Crippen LogP contribution in [0.3, 0.4) is 0 Å². The Hall–Kier alpha value is -0.870. The molecular weight excluding hydrogens is 226 g/mol. The topological polar surface area (TPSA) is 41.3 Å². The lowest BCUT2D eigenvalue weighted by atomic mass is 10.1. The van der Waals surface area contributed by atoms with Gasteiger partial charge >= 0.3 is 0 Å². The van der Waals surface area contributed by atoms with E-state index >= 15 is 0 Å². The van der Waals surface area contributed by atoms with Crippen LogP contribution < -0.4 is 5.32 Å². The molecule has 1 saturated heterocycles. The predicted molar refractivity (Wildman–Crippen MR) is 72.5 cm³/mol. The molecule has 0 aliphatic carbocycles. The Balaban J connectivity index is 1.65. The molecule has 1 unspecified atom stereocenters. The molecule has 1 aromatic rings. The Bertz CT molecular complexity index is 350. The van der Waals surface area contributed by atoms with Gasteiger partial charge in [0.05, 0.1) is 12.2 Å². The van der Waals surface area contributed by atoms with Crippen molar-refractivity contribution in [2.75, 3.05) is 26.2 Å². The van der Waals surface area contributed by atoms with Gasteiger partial charge in [-0.3, -0.25) is 0 Å². The monoisotopic (exact) mass is 251 g/mol. The van der Waals surface area contributed by atoms with Crippen molar-refractivity contribution in [1.29, 1.82) is 0 Å². The summed E-state index contributed by atoms with van der Waals surface area (Å²) in [5.74, 6) is 2.41. The standard InChI is InChI=1S/C14H25N3O/c1-11(10-17-6-4-5-7-17)8-15-9-14-16-12(2)13(3)18-14/h11,15H,4-10H2,1-3H3. The molecule has 1 aromatic heterocycles. The highest BCUT2D eigenvalue weighted by molar-refractivity contribution is 5.05. The Morgan fingerprint density at radius 2 is 2.06 bits per heavy atom. The van der Waals surface area contributed by atoms with Crippen molar-refractivity contribution in [3.05, 3.63) is 17.3 Å². The molecule has 4 nitrogen and oxygen atoms in total. The van der Waals surface area contributed by atoms with E-state index in [0.717, 1.165) is 30.4 Å². The highest BCUT2D eigenvalue weighted by Gasteiger charge is 2.14. The number of hydrogen-bond acceptors (Lipinski definition) is 4. The summed E-state index contributed by atoms with van der Waals surface area (Å²) >= 11 is 0. The largest absolute Gasteiger partial charge is 0.444 e. The van der Waals surface area contributed by atoms with E-state index in [1.54, 1.807) is 0 Å². The molecule has 18 heavy (non-hydrogen) atoms. The van der Waals surface area contributed by atoms with E-state index < -0.39 is 0 Å². The van der Waals surface area contributed by atoms with Gasteiger partial charge in [-0.05, 0) is 52.2 Å². The molecular formula is C14H25N3O. The average molecular weight is 251 g/mol. The first-order chi connectivity index (χ1) is 8.65. The number of aromatic nitrogens is 1. The maximum Gasteiger partial charge on any atom is 0.208 e. The third-order valence-corrected chi connectivity index (χ3v) is 3.61. The van der Waals surface area contributed by atoms with E-state index in [0.29, 0.717) is 5.92 Å². The third kappa shape index (κ3) is 3.82. The Kier molecular flexibility index (Phi) is 4.78. The first-order valence-electron chi connectivity index (χ1n) is 7.01. The van der Waals surface area contributed by atoms with Crippen LogP contribution in [0.4, 0.5) is 0 Å². The lowest BCUT2D eigenvalue weighted by Gasteiger charge is -2.20. The van der Waals surface area contributed by atoms with Crippen LogP contribution in [0.1, 0.15) is 37.1 Å². The van der Waals surface area contributed by atoms with Gasteiger partial charge in [-0.2, -0.15) is 0 Å². The predicted octanol–water partition coefficient (Wildman–Crippen LogP) is 2.11. The van der Waals surface area contributed by atoms with Gasteiger partial charge in [0.1, 0.15) is 5.76 Å². The number of nitrogens with one attached hydrogen (secondary N) is 1. The number of rotatable bonds is 6. The van der Waals surface area contributed by atoms with Crippen LogP contribution in [0.15, 0.2) is 4.42 Å². The van der Waals surface area contributed by atoms with Crippen LogP contribution in [0, 0.1) is 19.8 Å². The fraction of sp³-hybridized carbons (Fsp3) is 0.786. The summed E-state index contributed by atoms with van der Waals surface area (Å²) in [5, 5.41) is 3.43. The number of likely N-dealkylation sites (tertiary alicyclic amines) is 1. The molecule has 0 radical (unpaired) electrons. The zero-order chi connectivity index (χ0) is 13.0. The molecule has 0 saturated carbocycles. The van der Waals surface area contributed by atoms with Gasteiger partial charge in [0.2, 0.25) is 5.89 Å². The average Bonchev–Trinajstić information content (AvgIpc) is 2.90. The highest BCUT2D eigenvalue weighted by atomic mass is 16.4. The molecule has 4 heteroatoms. The molecule has 0 aromatic carbocycles. The summed E-state index contributed by atoms with van der Waals surface area (Å²) in [4.78, 5) is 6.93. The smallest absolute Gasteiger partial charge is 0.208 e. The van der Waals surface area contributed by atoms with Crippen molar-refractivity contribution in [1.82, 2.24) is 15.2 Å². The van der Waals surface area contributed by atoms with Crippen LogP contribution in [0.5, 0.6) is 0 Å². The molecule has 1 aliphatic rings. The summed E-state index contributed by atoms with van der Waals surface area (Å²) in [6.45, 7) is 11.8. The van der Waals surface area contributed by atoms with E-state index in [1.165, 1.54) is 32.5 Å². The molecule has 1 aliphatic heterocycles. The number of oxazole rings is 1.